The fourth-order valence-electron chi connectivity index (χ4n) is 3.06. The first-order chi connectivity index (χ1) is 6.73. The Labute approximate surface area is 94.7 Å². The molecule has 0 aromatic heterocycles. The number of hydrogen-bond acceptors (Lipinski definition) is 3. The van der Waals surface area contributed by atoms with Gasteiger partial charge in [-0.2, -0.15) is 0 Å². The highest BCUT2D eigenvalue weighted by Gasteiger charge is 2.59. The Morgan fingerprint density at radius 2 is 1.86 bits per heavy atom. The van der Waals surface area contributed by atoms with E-state index in [0.29, 0.717) is 16.3 Å². The SMILES string of the molecule is CC1C2CC3(SCCCS3)C(O2)C1C. The lowest BCUT2D eigenvalue weighted by Gasteiger charge is -2.41. The summed E-state index contributed by atoms with van der Waals surface area (Å²) in [6.45, 7) is 4.74. The van der Waals surface area contributed by atoms with Gasteiger partial charge in [-0.15, -0.1) is 23.5 Å². The summed E-state index contributed by atoms with van der Waals surface area (Å²) < 4.78 is 6.60. The summed E-state index contributed by atoms with van der Waals surface area (Å²) in [5, 5.41) is 0. The molecule has 4 unspecified atom stereocenters. The van der Waals surface area contributed by atoms with Crippen molar-refractivity contribution in [2.75, 3.05) is 11.5 Å². The van der Waals surface area contributed by atoms with Crippen LogP contribution in [-0.4, -0.2) is 27.8 Å². The van der Waals surface area contributed by atoms with Crippen molar-refractivity contribution in [3.63, 3.8) is 0 Å². The molecule has 2 bridgehead atoms. The highest BCUT2D eigenvalue weighted by molar-refractivity contribution is 8.18. The standard InChI is InChI=1S/C11H18OS2/c1-7-8(2)10-11(6-9(7)12-10)13-4-3-5-14-11/h7-10H,3-6H2,1-2H3. The molecule has 3 saturated heterocycles. The number of fused-ring (bicyclic) bond motifs is 3. The third-order valence-electron chi connectivity index (χ3n) is 4.12. The highest BCUT2D eigenvalue weighted by atomic mass is 32.2. The van der Waals surface area contributed by atoms with E-state index in [1.165, 1.54) is 24.3 Å². The summed E-state index contributed by atoms with van der Waals surface area (Å²) in [5.74, 6) is 4.25. The van der Waals surface area contributed by atoms with E-state index in [1.807, 2.05) is 0 Å². The summed E-state index contributed by atoms with van der Waals surface area (Å²) in [5.41, 5.74) is 0. The largest absolute Gasteiger partial charge is 0.372 e. The quantitative estimate of drug-likeness (QED) is 0.633. The van der Waals surface area contributed by atoms with E-state index in [4.69, 9.17) is 4.74 Å². The van der Waals surface area contributed by atoms with Crippen LogP contribution in [0, 0.1) is 11.8 Å². The first kappa shape index (κ1) is 9.86. The van der Waals surface area contributed by atoms with Crippen molar-refractivity contribution in [1.29, 1.82) is 0 Å². The molecule has 0 N–H and O–H groups in total. The molecule has 3 aliphatic heterocycles. The average molecular weight is 230 g/mol. The molecule has 80 valence electrons. The van der Waals surface area contributed by atoms with Gasteiger partial charge in [-0.25, -0.2) is 0 Å². The zero-order chi connectivity index (χ0) is 9.76. The summed E-state index contributed by atoms with van der Waals surface area (Å²) in [6.07, 6.45) is 3.79. The third kappa shape index (κ3) is 1.21. The van der Waals surface area contributed by atoms with E-state index in [-0.39, 0.29) is 0 Å². The number of thioether (sulfide) groups is 2. The Kier molecular flexibility index (Phi) is 2.34. The van der Waals surface area contributed by atoms with Gasteiger partial charge in [0.25, 0.3) is 0 Å². The molecule has 4 atom stereocenters. The maximum absolute atomic E-state index is 6.15. The highest BCUT2D eigenvalue weighted by Crippen LogP contribution is 2.60. The minimum absolute atomic E-state index is 0.453. The minimum Gasteiger partial charge on any atom is -0.372 e. The molecule has 3 aliphatic rings. The Bertz CT molecular complexity index is 235. The van der Waals surface area contributed by atoms with Crippen LogP contribution in [-0.2, 0) is 4.74 Å². The minimum atomic E-state index is 0.453. The van der Waals surface area contributed by atoms with Crippen LogP contribution in [0.2, 0.25) is 0 Å². The van der Waals surface area contributed by atoms with E-state index in [9.17, 15) is 0 Å². The molecule has 0 aromatic rings. The zero-order valence-corrected chi connectivity index (χ0v) is 10.5. The van der Waals surface area contributed by atoms with Crippen molar-refractivity contribution in [3.8, 4) is 0 Å². The van der Waals surface area contributed by atoms with Crippen LogP contribution in [0.1, 0.15) is 26.7 Å². The van der Waals surface area contributed by atoms with Gasteiger partial charge in [0, 0.05) is 6.42 Å². The summed E-state index contributed by atoms with van der Waals surface area (Å²) in [6, 6.07) is 0. The van der Waals surface area contributed by atoms with Gasteiger partial charge in [-0.1, -0.05) is 13.8 Å². The Hall–Kier alpha value is 0.660. The molecule has 1 nitrogen and oxygen atoms in total. The first-order valence-corrected chi connectivity index (χ1v) is 7.63. The fourth-order valence-corrected chi connectivity index (χ4v) is 6.78. The maximum atomic E-state index is 6.15. The summed E-state index contributed by atoms with van der Waals surface area (Å²) in [7, 11) is 0. The Morgan fingerprint density at radius 3 is 2.43 bits per heavy atom. The second-order valence-corrected chi connectivity index (χ2v) is 7.99. The van der Waals surface area contributed by atoms with Gasteiger partial charge in [0.05, 0.1) is 16.3 Å². The van der Waals surface area contributed by atoms with Crippen LogP contribution in [0.15, 0.2) is 0 Å². The van der Waals surface area contributed by atoms with Crippen LogP contribution in [0.5, 0.6) is 0 Å². The van der Waals surface area contributed by atoms with E-state index in [1.54, 1.807) is 0 Å². The molecule has 3 rings (SSSR count). The molecule has 14 heavy (non-hydrogen) atoms. The van der Waals surface area contributed by atoms with Crippen molar-refractivity contribution in [2.24, 2.45) is 11.8 Å². The first-order valence-electron chi connectivity index (χ1n) is 5.66. The molecule has 0 aliphatic carbocycles. The van der Waals surface area contributed by atoms with Crippen molar-refractivity contribution in [2.45, 2.75) is 43.0 Å². The molecule has 3 heteroatoms. The van der Waals surface area contributed by atoms with Crippen molar-refractivity contribution in [1.82, 2.24) is 0 Å². The van der Waals surface area contributed by atoms with Crippen molar-refractivity contribution >= 4 is 23.5 Å². The van der Waals surface area contributed by atoms with Gasteiger partial charge >= 0.3 is 0 Å². The van der Waals surface area contributed by atoms with Crippen LogP contribution in [0.25, 0.3) is 0 Å². The van der Waals surface area contributed by atoms with Crippen molar-refractivity contribution in [3.05, 3.63) is 0 Å². The lowest BCUT2D eigenvalue weighted by atomic mass is 9.81. The fraction of sp³-hybridized carbons (Fsp3) is 1.00. The van der Waals surface area contributed by atoms with Crippen LogP contribution in [0.4, 0.5) is 0 Å². The lowest BCUT2D eigenvalue weighted by Crippen LogP contribution is -2.42. The van der Waals surface area contributed by atoms with E-state index in [0.717, 1.165) is 11.8 Å². The number of ether oxygens (including phenoxy) is 1. The Balaban J connectivity index is 1.84. The molecule has 3 fully saturated rings. The third-order valence-corrected chi connectivity index (χ3v) is 7.58. The summed E-state index contributed by atoms with van der Waals surface area (Å²) >= 11 is 4.36. The molecule has 0 saturated carbocycles. The predicted octanol–water partition coefficient (Wildman–Crippen LogP) is 3.00. The van der Waals surface area contributed by atoms with Gasteiger partial charge in [0.1, 0.15) is 0 Å². The summed E-state index contributed by atoms with van der Waals surface area (Å²) in [4.78, 5) is 0. The molecular weight excluding hydrogens is 212 g/mol. The van der Waals surface area contributed by atoms with Crippen molar-refractivity contribution < 1.29 is 4.74 Å². The number of rotatable bonds is 0. The van der Waals surface area contributed by atoms with Crippen LogP contribution < -0.4 is 0 Å². The molecule has 0 amide bonds. The van der Waals surface area contributed by atoms with E-state index < -0.39 is 0 Å². The predicted molar refractivity (Wildman–Crippen MR) is 63.9 cm³/mol. The Morgan fingerprint density at radius 1 is 1.14 bits per heavy atom. The molecule has 0 radical (unpaired) electrons. The van der Waals surface area contributed by atoms with E-state index >= 15 is 0 Å². The van der Waals surface area contributed by atoms with Gasteiger partial charge in [-0.3, -0.25) is 0 Å². The van der Waals surface area contributed by atoms with Gasteiger partial charge in [0.15, 0.2) is 0 Å². The van der Waals surface area contributed by atoms with E-state index in [2.05, 4.69) is 37.4 Å². The van der Waals surface area contributed by atoms with Gasteiger partial charge in [0.2, 0.25) is 0 Å². The monoisotopic (exact) mass is 230 g/mol. The normalized spacial score (nSPS) is 50.1. The average Bonchev–Trinajstić information content (AvgIpc) is 2.67. The van der Waals surface area contributed by atoms with Gasteiger partial charge < -0.3 is 4.74 Å². The number of hydrogen-bond donors (Lipinski definition) is 0. The molecular formula is C11H18OS2. The second kappa shape index (κ2) is 3.33. The second-order valence-electron chi connectivity index (χ2n) is 4.88. The van der Waals surface area contributed by atoms with Crippen LogP contribution in [0.3, 0.4) is 0 Å². The molecule has 3 heterocycles. The van der Waals surface area contributed by atoms with Gasteiger partial charge in [-0.05, 0) is 29.8 Å². The molecule has 1 spiro atoms. The lowest BCUT2D eigenvalue weighted by molar-refractivity contribution is 0.0888. The zero-order valence-electron chi connectivity index (χ0n) is 8.86. The maximum Gasteiger partial charge on any atom is 0.0898 e. The smallest absolute Gasteiger partial charge is 0.0898 e. The molecule has 0 aromatic carbocycles. The van der Waals surface area contributed by atoms with Crippen LogP contribution >= 0.6 is 23.5 Å². The topological polar surface area (TPSA) is 9.23 Å².